The van der Waals surface area contributed by atoms with Gasteiger partial charge in [-0.05, 0) is 30.9 Å². The first-order chi connectivity index (χ1) is 10.1. The molecule has 0 aromatic heterocycles. The van der Waals surface area contributed by atoms with Crippen LogP contribution in [0.25, 0.3) is 0 Å². The highest BCUT2D eigenvalue weighted by molar-refractivity contribution is 5.18. The Kier molecular flexibility index (Phi) is 4.09. The van der Waals surface area contributed by atoms with Gasteiger partial charge in [-0.25, -0.2) is 0 Å². The third-order valence-corrected chi connectivity index (χ3v) is 4.54. The molecule has 1 N–H and O–H groups in total. The standard InChI is InChI=1S/C19H23NO/c1-19(21)13-12-18(19)20(14-16-8-4-2-5-9-16)15-17-10-6-3-7-11-17/h2-11,18,21H,12-15H2,1H3. The second-order valence-corrected chi connectivity index (χ2v) is 6.29. The molecule has 1 aliphatic rings. The highest BCUT2D eigenvalue weighted by Crippen LogP contribution is 2.37. The van der Waals surface area contributed by atoms with Crippen LogP contribution in [0.15, 0.2) is 60.7 Å². The fraction of sp³-hybridized carbons (Fsp3) is 0.368. The summed E-state index contributed by atoms with van der Waals surface area (Å²) in [7, 11) is 0. The molecule has 0 saturated heterocycles. The zero-order chi connectivity index (χ0) is 14.7. The van der Waals surface area contributed by atoms with Gasteiger partial charge >= 0.3 is 0 Å². The van der Waals surface area contributed by atoms with Crippen LogP contribution in [0.2, 0.25) is 0 Å². The molecule has 0 spiro atoms. The molecule has 0 bridgehead atoms. The minimum Gasteiger partial charge on any atom is -0.389 e. The second-order valence-electron chi connectivity index (χ2n) is 6.29. The molecule has 2 atom stereocenters. The van der Waals surface area contributed by atoms with Crippen LogP contribution in [0.5, 0.6) is 0 Å². The summed E-state index contributed by atoms with van der Waals surface area (Å²) in [5, 5.41) is 10.5. The van der Waals surface area contributed by atoms with Crippen LogP contribution in [0.1, 0.15) is 30.9 Å². The van der Waals surface area contributed by atoms with Gasteiger partial charge in [-0.2, -0.15) is 0 Å². The first-order valence-electron chi connectivity index (χ1n) is 7.69. The summed E-state index contributed by atoms with van der Waals surface area (Å²) < 4.78 is 0. The summed E-state index contributed by atoms with van der Waals surface area (Å²) in [6.45, 7) is 3.73. The molecule has 3 rings (SSSR count). The number of hydrogen-bond acceptors (Lipinski definition) is 2. The van der Waals surface area contributed by atoms with Crippen LogP contribution in [0.3, 0.4) is 0 Å². The molecule has 2 aromatic carbocycles. The van der Waals surface area contributed by atoms with Crippen LogP contribution in [-0.4, -0.2) is 21.6 Å². The van der Waals surface area contributed by atoms with Gasteiger partial charge in [0.25, 0.3) is 0 Å². The van der Waals surface area contributed by atoms with E-state index in [4.69, 9.17) is 0 Å². The Hall–Kier alpha value is -1.64. The summed E-state index contributed by atoms with van der Waals surface area (Å²) in [5.41, 5.74) is 2.05. The summed E-state index contributed by atoms with van der Waals surface area (Å²) in [5.74, 6) is 0. The van der Waals surface area contributed by atoms with E-state index in [0.29, 0.717) is 0 Å². The molecular weight excluding hydrogens is 258 g/mol. The maximum atomic E-state index is 10.5. The summed E-state index contributed by atoms with van der Waals surface area (Å²) in [6, 6.07) is 21.3. The number of aliphatic hydroxyl groups is 1. The van der Waals surface area contributed by atoms with Gasteiger partial charge in [-0.15, -0.1) is 0 Å². The average molecular weight is 281 g/mol. The topological polar surface area (TPSA) is 23.5 Å². The Bertz CT molecular complexity index is 523. The van der Waals surface area contributed by atoms with Crippen LogP contribution in [-0.2, 0) is 13.1 Å². The molecule has 1 saturated carbocycles. The smallest absolute Gasteiger partial charge is 0.0775 e. The molecule has 2 aromatic rings. The van der Waals surface area contributed by atoms with Gasteiger partial charge in [0, 0.05) is 19.1 Å². The number of nitrogens with zero attached hydrogens (tertiary/aromatic N) is 1. The SMILES string of the molecule is CC1(O)CCC1N(Cc1ccccc1)Cc1ccccc1. The lowest BCUT2D eigenvalue weighted by Gasteiger charge is -2.49. The quantitative estimate of drug-likeness (QED) is 0.905. The zero-order valence-corrected chi connectivity index (χ0v) is 12.6. The van der Waals surface area contributed by atoms with E-state index in [0.717, 1.165) is 25.9 Å². The van der Waals surface area contributed by atoms with Crippen LogP contribution >= 0.6 is 0 Å². The second kappa shape index (κ2) is 6.00. The van der Waals surface area contributed by atoms with Crippen molar-refractivity contribution in [1.82, 2.24) is 4.90 Å². The van der Waals surface area contributed by atoms with Crippen LogP contribution in [0, 0.1) is 0 Å². The zero-order valence-electron chi connectivity index (χ0n) is 12.6. The van der Waals surface area contributed by atoms with Crippen LogP contribution < -0.4 is 0 Å². The largest absolute Gasteiger partial charge is 0.389 e. The number of hydrogen-bond donors (Lipinski definition) is 1. The Morgan fingerprint density at radius 3 is 1.76 bits per heavy atom. The number of rotatable bonds is 5. The average Bonchev–Trinajstić information content (AvgIpc) is 2.48. The molecule has 110 valence electrons. The highest BCUT2D eigenvalue weighted by Gasteiger charge is 2.44. The van der Waals surface area contributed by atoms with Gasteiger partial charge in [0.1, 0.15) is 0 Å². The van der Waals surface area contributed by atoms with Crippen molar-refractivity contribution >= 4 is 0 Å². The maximum Gasteiger partial charge on any atom is 0.0775 e. The minimum atomic E-state index is -0.552. The Morgan fingerprint density at radius 1 is 0.952 bits per heavy atom. The molecule has 21 heavy (non-hydrogen) atoms. The van der Waals surface area contributed by atoms with Gasteiger partial charge in [0.2, 0.25) is 0 Å². The summed E-state index contributed by atoms with van der Waals surface area (Å²) >= 11 is 0. The van der Waals surface area contributed by atoms with Gasteiger partial charge in [-0.1, -0.05) is 60.7 Å². The van der Waals surface area contributed by atoms with Gasteiger partial charge in [0.05, 0.1) is 5.60 Å². The first kappa shape index (κ1) is 14.3. The maximum absolute atomic E-state index is 10.5. The normalized spacial score (nSPS) is 24.8. The molecule has 0 amide bonds. The molecular formula is C19H23NO. The summed E-state index contributed by atoms with van der Waals surface area (Å²) in [4.78, 5) is 2.41. The van der Waals surface area contributed by atoms with Crippen molar-refractivity contribution in [3.8, 4) is 0 Å². The van der Waals surface area contributed by atoms with Crippen molar-refractivity contribution in [2.45, 2.75) is 44.5 Å². The van der Waals surface area contributed by atoms with E-state index in [1.54, 1.807) is 0 Å². The van der Waals surface area contributed by atoms with Gasteiger partial charge in [-0.3, -0.25) is 4.90 Å². The third-order valence-electron chi connectivity index (χ3n) is 4.54. The molecule has 0 radical (unpaired) electrons. The molecule has 1 fully saturated rings. The fourth-order valence-electron chi connectivity index (χ4n) is 3.18. The third kappa shape index (κ3) is 3.34. The minimum absolute atomic E-state index is 0.248. The molecule has 2 unspecified atom stereocenters. The molecule has 2 heteroatoms. The van der Waals surface area contributed by atoms with Gasteiger partial charge < -0.3 is 5.11 Å². The van der Waals surface area contributed by atoms with Crippen molar-refractivity contribution in [2.75, 3.05) is 0 Å². The number of benzene rings is 2. The van der Waals surface area contributed by atoms with Crippen molar-refractivity contribution in [2.24, 2.45) is 0 Å². The Labute approximate surface area is 127 Å². The van der Waals surface area contributed by atoms with E-state index in [2.05, 4.69) is 53.4 Å². The van der Waals surface area contributed by atoms with E-state index in [1.165, 1.54) is 11.1 Å². The monoisotopic (exact) mass is 281 g/mol. The Morgan fingerprint density at radius 2 is 1.43 bits per heavy atom. The van der Waals surface area contributed by atoms with Crippen molar-refractivity contribution in [3.63, 3.8) is 0 Å². The van der Waals surface area contributed by atoms with E-state index < -0.39 is 5.60 Å². The lowest BCUT2D eigenvalue weighted by molar-refractivity contribution is -0.109. The van der Waals surface area contributed by atoms with E-state index >= 15 is 0 Å². The Balaban J connectivity index is 1.78. The van der Waals surface area contributed by atoms with Crippen molar-refractivity contribution in [1.29, 1.82) is 0 Å². The predicted octanol–water partition coefficient (Wildman–Crippen LogP) is 3.60. The van der Waals surface area contributed by atoms with Crippen LogP contribution in [0.4, 0.5) is 0 Å². The lowest BCUT2D eigenvalue weighted by atomic mass is 9.75. The van der Waals surface area contributed by atoms with E-state index in [-0.39, 0.29) is 6.04 Å². The fourth-order valence-corrected chi connectivity index (χ4v) is 3.18. The first-order valence-corrected chi connectivity index (χ1v) is 7.69. The highest BCUT2D eigenvalue weighted by atomic mass is 16.3. The van der Waals surface area contributed by atoms with E-state index in [9.17, 15) is 5.11 Å². The van der Waals surface area contributed by atoms with Crippen molar-refractivity contribution in [3.05, 3.63) is 71.8 Å². The predicted molar refractivity (Wildman–Crippen MR) is 85.8 cm³/mol. The molecule has 2 nitrogen and oxygen atoms in total. The van der Waals surface area contributed by atoms with E-state index in [1.807, 2.05) is 19.1 Å². The lowest BCUT2D eigenvalue weighted by Crippen LogP contribution is -2.58. The summed E-state index contributed by atoms with van der Waals surface area (Å²) in [6.07, 6.45) is 1.98. The molecule has 1 aliphatic carbocycles. The van der Waals surface area contributed by atoms with Crippen molar-refractivity contribution < 1.29 is 5.11 Å². The molecule has 0 heterocycles. The molecule has 0 aliphatic heterocycles. The van der Waals surface area contributed by atoms with Gasteiger partial charge in [0.15, 0.2) is 0 Å².